The van der Waals surface area contributed by atoms with Crippen molar-refractivity contribution >= 4 is 18.3 Å². The third-order valence-corrected chi connectivity index (χ3v) is 8.20. The van der Waals surface area contributed by atoms with E-state index in [1.165, 1.54) is 70.9 Å². The molecule has 0 atom stereocenters. The van der Waals surface area contributed by atoms with Gasteiger partial charge in [0.25, 0.3) is 0 Å². The number of likely N-dealkylation sites (tertiary alicyclic amines) is 1. The van der Waals surface area contributed by atoms with Crippen LogP contribution in [-0.2, 0) is 4.79 Å². The molecule has 4 aliphatic carbocycles. The maximum Gasteiger partial charge on any atom is 0.223 e. The average molecular weight is 353 g/mol. The highest BCUT2D eigenvalue weighted by Gasteiger charge is 2.52. The summed E-state index contributed by atoms with van der Waals surface area (Å²) in [5.41, 5.74) is 0.938. The van der Waals surface area contributed by atoms with Crippen molar-refractivity contribution < 1.29 is 4.79 Å². The van der Waals surface area contributed by atoms with Gasteiger partial charge in [-0.15, -0.1) is 12.4 Å². The number of piperidine rings is 1. The van der Waals surface area contributed by atoms with Crippen molar-refractivity contribution in [1.29, 1.82) is 0 Å². The average Bonchev–Trinajstić information content (AvgIpc) is 2.94. The Balaban J connectivity index is 0.00000146. The number of hydrogen-bond donors (Lipinski definition) is 1. The third-order valence-electron chi connectivity index (χ3n) is 8.20. The van der Waals surface area contributed by atoms with Crippen LogP contribution in [0.5, 0.6) is 0 Å². The van der Waals surface area contributed by atoms with Crippen molar-refractivity contribution in [2.45, 2.75) is 64.2 Å². The van der Waals surface area contributed by atoms with E-state index in [4.69, 9.17) is 0 Å². The van der Waals surface area contributed by atoms with Crippen LogP contribution in [0.2, 0.25) is 0 Å². The van der Waals surface area contributed by atoms with Gasteiger partial charge in [-0.3, -0.25) is 4.79 Å². The molecule has 1 spiro atoms. The molecule has 2 heterocycles. The van der Waals surface area contributed by atoms with Crippen molar-refractivity contribution in [3.05, 3.63) is 0 Å². The van der Waals surface area contributed by atoms with E-state index in [9.17, 15) is 4.79 Å². The lowest BCUT2D eigenvalue weighted by molar-refractivity contribution is -0.141. The fraction of sp³-hybridized carbons (Fsp3) is 0.950. The third kappa shape index (κ3) is 2.90. The van der Waals surface area contributed by atoms with Crippen LogP contribution in [0.4, 0.5) is 0 Å². The summed E-state index contributed by atoms with van der Waals surface area (Å²) in [6.07, 6.45) is 13.2. The van der Waals surface area contributed by atoms with E-state index in [1.54, 1.807) is 0 Å². The summed E-state index contributed by atoms with van der Waals surface area (Å²) >= 11 is 0. The van der Waals surface area contributed by atoms with Gasteiger partial charge < -0.3 is 10.2 Å². The monoisotopic (exact) mass is 352 g/mol. The normalized spacial score (nSPS) is 42.3. The summed E-state index contributed by atoms with van der Waals surface area (Å²) in [4.78, 5) is 15.2. The molecule has 1 N–H and O–H groups in total. The van der Waals surface area contributed by atoms with Gasteiger partial charge in [-0.2, -0.15) is 0 Å². The molecule has 24 heavy (non-hydrogen) atoms. The molecule has 136 valence electrons. The molecule has 4 bridgehead atoms. The Morgan fingerprint density at radius 3 is 2.04 bits per heavy atom. The number of carbonyl (C=O) groups excluding carboxylic acids is 1. The Hall–Kier alpha value is -0.280. The summed E-state index contributed by atoms with van der Waals surface area (Å²) in [6.45, 7) is 4.41. The molecule has 6 rings (SSSR count). The highest BCUT2D eigenvalue weighted by molar-refractivity contribution is 5.85. The van der Waals surface area contributed by atoms with E-state index in [1.807, 2.05) is 0 Å². The minimum Gasteiger partial charge on any atom is -0.343 e. The molecule has 0 unspecified atom stereocenters. The minimum absolute atomic E-state index is 0. The molecular weight excluding hydrogens is 320 g/mol. The Morgan fingerprint density at radius 1 is 0.958 bits per heavy atom. The fourth-order valence-corrected chi connectivity index (χ4v) is 7.39. The summed E-state index contributed by atoms with van der Waals surface area (Å²) < 4.78 is 0. The zero-order chi connectivity index (χ0) is 15.5. The maximum absolute atomic E-state index is 13.0. The van der Waals surface area contributed by atoms with Crippen LogP contribution in [0.1, 0.15) is 64.2 Å². The maximum atomic E-state index is 13.0. The molecule has 6 aliphatic rings. The summed E-state index contributed by atoms with van der Waals surface area (Å²) in [7, 11) is 0. The first-order valence-electron chi connectivity index (χ1n) is 10.1. The van der Waals surface area contributed by atoms with E-state index >= 15 is 0 Å². The lowest BCUT2D eigenvalue weighted by atomic mass is 9.49. The van der Waals surface area contributed by atoms with Crippen LogP contribution in [0, 0.1) is 28.6 Å². The molecular formula is C20H33ClN2O. The Labute approximate surface area is 152 Å². The minimum atomic E-state index is 0. The van der Waals surface area contributed by atoms with Gasteiger partial charge in [0, 0.05) is 26.1 Å². The van der Waals surface area contributed by atoms with Crippen LogP contribution < -0.4 is 5.32 Å². The quantitative estimate of drug-likeness (QED) is 0.823. The SMILES string of the molecule is Cl.O=C(CC12CC3CC(CC(C3)C1)C2)N1CCC2(CCNC2)CC1. The number of rotatable bonds is 2. The van der Waals surface area contributed by atoms with E-state index in [0.717, 1.165) is 37.3 Å². The van der Waals surface area contributed by atoms with Gasteiger partial charge in [0.2, 0.25) is 5.91 Å². The Bertz CT molecular complexity index is 455. The Kier molecular flexibility index (Phi) is 4.40. The Morgan fingerprint density at radius 2 is 1.54 bits per heavy atom. The highest BCUT2D eigenvalue weighted by atomic mass is 35.5. The standard InChI is InChI=1S/C20H32N2O.ClH/c23-18(22-5-2-19(3-6-22)1-4-21-14-19)13-20-10-15-7-16(11-20)9-17(8-15)12-20;/h15-17,21H,1-14H2;1H. The van der Waals surface area contributed by atoms with Crippen molar-refractivity contribution in [3.63, 3.8) is 0 Å². The molecule has 4 heteroatoms. The smallest absolute Gasteiger partial charge is 0.223 e. The highest BCUT2D eigenvalue weighted by Crippen LogP contribution is 2.61. The second-order valence-corrected chi connectivity index (χ2v) is 9.90. The number of nitrogens with one attached hydrogen (secondary N) is 1. The van der Waals surface area contributed by atoms with Gasteiger partial charge in [0.15, 0.2) is 0 Å². The van der Waals surface area contributed by atoms with Gasteiger partial charge in [-0.05, 0) is 92.9 Å². The molecule has 0 aromatic carbocycles. The van der Waals surface area contributed by atoms with Crippen LogP contribution in [0.3, 0.4) is 0 Å². The second kappa shape index (κ2) is 6.16. The van der Waals surface area contributed by atoms with E-state index < -0.39 is 0 Å². The topological polar surface area (TPSA) is 32.3 Å². The lowest BCUT2D eigenvalue weighted by Crippen LogP contribution is -2.50. The fourth-order valence-electron chi connectivity index (χ4n) is 7.39. The summed E-state index contributed by atoms with van der Waals surface area (Å²) in [5.74, 6) is 3.38. The zero-order valence-corrected chi connectivity index (χ0v) is 15.7. The first-order chi connectivity index (χ1) is 11.1. The molecule has 2 saturated heterocycles. The molecule has 3 nitrogen and oxygen atoms in total. The van der Waals surface area contributed by atoms with Crippen molar-refractivity contribution in [2.75, 3.05) is 26.2 Å². The summed E-state index contributed by atoms with van der Waals surface area (Å²) in [5, 5.41) is 3.53. The predicted molar refractivity (Wildman–Crippen MR) is 98.2 cm³/mol. The molecule has 4 saturated carbocycles. The van der Waals surface area contributed by atoms with Gasteiger partial charge >= 0.3 is 0 Å². The van der Waals surface area contributed by atoms with Crippen molar-refractivity contribution in [1.82, 2.24) is 10.2 Å². The van der Waals surface area contributed by atoms with Gasteiger partial charge in [0.05, 0.1) is 0 Å². The first-order valence-corrected chi connectivity index (χ1v) is 10.1. The van der Waals surface area contributed by atoms with E-state index in [2.05, 4.69) is 10.2 Å². The number of carbonyl (C=O) groups is 1. The largest absolute Gasteiger partial charge is 0.343 e. The molecule has 2 aliphatic heterocycles. The number of amides is 1. The second-order valence-electron chi connectivity index (χ2n) is 9.90. The predicted octanol–water partition coefficient (Wildman–Crippen LogP) is 3.62. The molecule has 0 radical (unpaired) electrons. The van der Waals surface area contributed by atoms with Gasteiger partial charge in [-0.25, -0.2) is 0 Å². The molecule has 0 aromatic heterocycles. The van der Waals surface area contributed by atoms with E-state index in [0.29, 0.717) is 16.7 Å². The number of nitrogens with zero attached hydrogens (tertiary/aromatic N) is 1. The van der Waals surface area contributed by atoms with Gasteiger partial charge in [0.1, 0.15) is 0 Å². The van der Waals surface area contributed by atoms with E-state index in [-0.39, 0.29) is 12.4 Å². The van der Waals surface area contributed by atoms with Crippen LogP contribution >= 0.6 is 12.4 Å². The van der Waals surface area contributed by atoms with Crippen LogP contribution in [0.25, 0.3) is 0 Å². The van der Waals surface area contributed by atoms with Crippen LogP contribution in [-0.4, -0.2) is 37.0 Å². The molecule has 6 fully saturated rings. The number of hydrogen-bond acceptors (Lipinski definition) is 2. The van der Waals surface area contributed by atoms with Crippen molar-refractivity contribution in [3.8, 4) is 0 Å². The van der Waals surface area contributed by atoms with Crippen LogP contribution in [0.15, 0.2) is 0 Å². The molecule has 1 amide bonds. The molecule has 0 aromatic rings. The number of halogens is 1. The first kappa shape index (κ1) is 17.1. The summed E-state index contributed by atoms with van der Waals surface area (Å²) in [6, 6.07) is 0. The van der Waals surface area contributed by atoms with Gasteiger partial charge in [-0.1, -0.05) is 0 Å². The zero-order valence-electron chi connectivity index (χ0n) is 14.9. The lowest BCUT2D eigenvalue weighted by Gasteiger charge is -2.57. The van der Waals surface area contributed by atoms with Crippen molar-refractivity contribution in [2.24, 2.45) is 28.6 Å².